The van der Waals surface area contributed by atoms with Crippen LogP contribution in [0.3, 0.4) is 0 Å². The number of carbonyl (C=O) groups excluding carboxylic acids is 1. The van der Waals surface area contributed by atoms with Gasteiger partial charge < -0.3 is 10.6 Å². The van der Waals surface area contributed by atoms with E-state index in [1.165, 1.54) is 17.8 Å². The minimum absolute atomic E-state index is 0.0553. The Morgan fingerprint density at radius 2 is 2.47 bits per heavy atom. The van der Waals surface area contributed by atoms with Crippen LogP contribution in [0, 0.1) is 5.92 Å². The lowest BCUT2D eigenvalue weighted by molar-refractivity contribution is 0.0677. The Morgan fingerprint density at radius 3 is 3.06 bits per heavy atom. The molecule has 2 heterocycles. The number of hydrogen-bond acceptors (Lipinski definition) is 4. The molecule has 1 aromatic rings. The molecule has 2 atom stereocenters. The highest BCUT2D eigenvalue weighted by atomic mass is 32.1. The molecule has 1 amide bonds. The first-order valence-corrected chi connectivity index (χ1v) is 6.96. The molecular weight excluding hydrogens is 234 g/mol. The van der Waals surface area contributed by atoms with E-state index in [0.29, 0.717) is 11.6 Å². The minimum atomic E-state index is -0.0955. The van der Waals surface area contributed by atoms with E-state index in [0.717, 1.165) is 24.5 Å². The van der Waals surface area contributed by atoms with Gasteiger partial charge in [-0.1, -0.05) is 6.92 Å². The van der Waals surface area contributed by atoms with Crippen molar-refractivity contribution < 1.29 is 4.79 Å². The molecule has 0 aromatic carbocycles. The highest BCUT2D eigenvalue weighted by Gasteiger charge is 2.23. The van der Waals surface area contributed by atoms with Gasteiger partial charge in [-0.05, 0) is 25.7 Å². The second kappa shape index (κ2) is 5.14. The zero-order chi connectivity index (χ0) is 12.4. The molecule has 5 heteroatoms. The smallest absolute Gasteiger partial charge is 0.273 e. The molecule has 0 bridgehead atoms. The molecule has 94 valence electrons. The summed E-state index contributed by atoms with van der Waals surface area (Å²) in [4.78, 5) is 18.4. The number of aromatic nitrogens is 1. The second-order valence-corrected chi connectivity index (χ2v) is 5.75. The quantitative estimate of drug-likeness (QED) is 0.877. The van der Waals surface area contributed by atoms with Crippen LogP contribution in [0.4, 0.5) is 0 Å². The van der Waals surface area contributed by atoms with E-state index in [-0.39, 0.29) is 11.9 Å². The van der Waals surface area contributed by atoms with E-state index in [9.17, 15) is 4.79 Å². The second-order valence-electron chi connectivity index (χ2n) is 4.86. The summed E-state index contributed by atoms with van der Waals surface area (Å²) in [6, 6.07) is -0.0955. The Balaban J connectivity index is 2.07. The van der Waals surface area contributed by atoms with E-state index in [2.05, 4.69) is 11.9 Å². The standard InChI is InChI=1S/C12H19N3OS/c1-8-4-3-5-15(6-8)12(16)10-7-17-11(14-10)9(2)13/h7-9H,3-6,13H2,1-2H3. The summed E-state index contributed by atoms with van der Waals surface area (Å²) in [7, 11) is 0. The average molecular weight is 253 g/mol. The predicted octanol–water partition coefficient (Wildman–Crippen LogP) is 2.03. The van der Waals surface area contributed by atoms with E-state index >= 15 is 0 Å². The number of thiazole rings is 1. The van der Waals surface area contributed by atoms with Gasteiger partial charge in [0.05, 0.1) is 6.04 Å². The lowest BCUT2D eigenvalue weighted by Gasteiger charge is -2.30. The Labute approximate surface area is 106 Å². The highest BCUT2D eigenvalue weighted by Crippen LogP contribution is 2.20. The fourth-order valence-electron chi connectivity index (χ4n) is 2.13. The third-order valence-electron chi connectivity index (χ3n) is 3.07. The molecule has 17 heavy (non-hydrogen) atoms. The van der Waals surface area contributed by atoms with Crippen LogP contribution in [0.15, 0.2) is 5.38 Å². The van der Waals surface area contributed by atoms with Crippen molar-refractivity contribution in [3.05, 3.63) is 16.1 Å². The van der Waals surface area contributed by atoms with Crippen molar-refractivity contribution in [2.24, 2.45) is 11.7 Å². The number of amides is 1. The van der Waals surface area contributed by atoms with Crippen LogP contribution in [-0.2, 0) is 0 Å². The minimum Gasteiger partial charge on any atom is -0.337 e. The van der Waals surface area contributed by atoms with Crippen molar-refractivity contribution in [1.29, 1.82) is 0 Å². The van der Waals surface area contributed by atoms with Crippen LogP contribution < -0.4 is 5.73 Å². The third kappa shape index (κ3) is 2.84. The summed E-state index contributed by atoms with van der Waals surface area (Å²) in [5.74, 6) is 0.652. The van der Waals surface area contributed by atoms with Crippen LogP contribution in [0.5, 0.6) is 0 Å². The largest absolute Gasteiger partial charge is 0.337 e. The van der Waals surface area contributed by atoms with E-state index in [1.54, 1.807) is 0 Å². The number of nitrogens with zero attached hydrogens (tertiary/aromatic N) is 2. The Morgan fingerprint density at radius 1 is 1.71 bits per heavy atom. The van der Waals surface area contributed by atoms with Gasteiger partial charge in [-0.3, -0.25) is 4.79 Å². The molecule has 2 N–H and O–H groups in total. The first-order chi connectivity index (χ1) is 8.08. The van der Waals surface area contributed by atoms with Crippen LogP contribution >= 0.6 is 11.3 Å². The monoisotopic (exact) mass is 253 g/mol. The number of likely N-dealkylation sites (tertiary alicyclic amines) is 1. The molecule has 1 aromatic heterocycles. The molecule has 0 aliphatic carbocycles. The molecule has 2 unspecified atom stereocenters. The van der Waals surface area contributed by atoms with E-state index in [1.807, 2.05) is 17.2 Å². The SMILES string of the molecule is CC1CCCN(C(=O)c2csc(C(C)N)n2)C1. The van der Waals surface area contributed by atoms with E-state index in [4.69, 9.17) is 5.73 Å². The summed E-state index contributed by atoms with van der Waals surface area (Å²) in [6.45, 7) is 5.78. The summed E-state index contributed by atoms with van der Waals surface area (Å²) >= 11 is 1.47. The Bertz CT molecular complexity index is 402. The predicted molar refractivity (Wildman–Crippen MR) is 69.0 cm³/mol. The van der Waals surface area contributed by atoms with Gasteiger partial charge in [0.25, 0.3) is 5.91 Å². The summed E-state index contributed by atoms with van der Waals surface area (Å²) < 4.78 is 0. The fraction of sp³-hybridized carbons (Fsp3) is 0.667. The molecule has 0 saturated carbocycles. The summed E-state index contributed by atoms with van der Waals surface area (Å²) in [6.07, 6.45) is 2.31. The van der Waals surface area contributed by atoms with Gasteiger partial charge in [0, 0.05) is 18.5 Å². The van der Waals surface area contributed by atoms with Gasteiger partial charge in [0.2, 0.25) is 0 Å². The fourth-order valence-corrected chi connectivity index (χ4v) is 2.88. The summed E-state index contributed by atoms with van der Waals surface area (Å²) in [5, 5.41) is 2.65. The molecule has 1 aliphatic heterocycles. The molecule has 1 fully saturated rings. The van der Waals surface area contributed by atoms with E-state index < -0.39 is 0 Å². The van der Waals surface area contributed by atoms with Crippen molar-refractivity contribution in [3.8, 4) is 0 Å². The van der Waals surface area contributed by atoms with Crippen LogP contribution in [0.1, 0.15) is 48.2 Å². The Hall–Kier alpha value is -0.940. The Kier molecular flexibility index (Phi) is 3.79. The highest BCUT2D eigenvalue weighted by molar-refractivity contribution is 7.09. The lowest BCUT2D eigenvalue weighted by atomic mass is 10.0. The van der Waals surface area contributed by atoms with Gasteiger partial charge in [0.1, 0.15) is 10.7 Å². The molecule has 1 saturated heterocycles. The maximum Gasteiger partial charge on any atom is 0.273 e. The molecule has 1 aliphatic rings. The lowest BCUT2D eigenvalue weighted by Crippen LogP contribution is -2.39. The summed E-state index contributed by atoms with van der Waals surface area (Å²) in [5.41, 5.74) is 6.30. The topological polar surface area (TPSA) is 59.2 Å². The normalized spacial score (nSPS) is 22.5. The number of rotatable bonds is 2. The van der Waals surface area contributed by atoms with Crippen LogP contribution in [-0.4, -0.2) is 28.9 Å². The van der Waals surface area contributed by atoms with Gasteiger partial charge in [0.15, 0.2) is 0 Å². The first kappa shape index (κ1) is 12.5. The average Bonchev–Trinajstić information content (AvgIpc) is 2.77. The number of carbonyl (C=O) groups is 1. The molecular formula is C12H19N3OS. The van der Waals surface area contributed by atoms with Crippen LogP contribution in [0.25, 0.3) is 0 Å². The van der Waals surface area contributed by atoms with Gasteiger partial charge in [-0.2, -0.15) is 0 Å². The number of piperidine rings is 1. The molecule has 4 nitrogen and oxygen atoms in total. The third-order valence-corrected chi connectivity index (χ3v) is 4.12. The zero-order valence-electron chi connectivity index (χ0n) is 10.3. The van der Waals surface area contributed by atoms with Gasteiger partial charge in [-0.25, -0.2) is 4.98 Å². The molecule has 0 spiro atoms. The number of nitrogens with two attached hydrogens (primary N) is 1. The van der Waals surface area contributed by atoms with Crippen molar-refractivity contribution in [1.82, 2.24) is 9.88 Å². The van der Waals surface area contributed by atoms with Crippen LogP contribution in [0.2, 0.25) is 0 Å². The maximum atomic E-state index is 12.2. The maximum absolute atomic E-state index is 12.2. The van der Waals surface area contributed by atoms with Crippen molar-refractivity contribution in [2.75, 3.05) is 13.1 Å². The zero-order valence-corrected chi connectivity index (χ0v) is 11.2. The first-order valence-electron chi connectivity index (χ1n) is 6.08. The molecule has 2 rings (SSSR count). The number of hydrogen-bond donors (Lipinski definition) is 1. The van der Waals surface area contributed by atoms with Crippen molar-refractivity contribution >= 4 is 17.2 Å². The van der Waals surface area contributed by atoms with Gasteiger partial charge in [-0.15, -0.1) is 11.3 Å². The van der Waals surface area contributed by atoms with Crippen molar-refractivity contribution in [2.45, 2.75) is 32.7 Å². The van der Waals surface area contributed by atoms with Crippen molar-refractivity contribution in [3.63, 3.8) is 0 Å². The molecule has 0 radical (unpaired) electrons. The van der Waals surface area contributed by atoms with Gasteiger partial charge >= 0.3 is 0 Å².